The van der Waals surface area contributed by atoms with Gasteiger partial charge >= 0.3 is 0 Å². The van der Waals surface area contributed by atoms with Crippen LogP contribution in [-0.2, 0) is 4.74 Å². The molecule has 3 aliphatic rings. The molecule has 1 saturated carbocycles. The molecule has 1 aliphatic carbocycles. The van der Waals surface area contributed by atoms with Crippen molar-refractivity contribution < 1.29 is 4.74 Å². The van der Waals surface area contributed by atoms with Gasteiger partial charge in [-0.3, -0.25) is 11.3 Å². The van der Waals surface area contributed by atoms with E-state index in [1.54, 1.807) is 0 Å². The van der Waals surface area contributed by atoms with Gasteiger partial charge in [0.1, 0.15) is 0 Å². The number of nitrogens with two attached hydrogens (primary N) is 1. The highest BCUT2D eigenvalue weighted by Gasteiger charge is 2.43. The molecule has 3 N–H and O–H groups in total. The molecule has 110 valence electrons. The standard InChI is InChI=1S/C15H28N2OS/c16-17-14(12-4-2-1-3-5-12)13-6-8-18-15(10-13)7-9-19-11-15/h12-14,17H,1-11,16H2. The van der Waals surface area contributed by atoms with Crippen molar-refractivity contribution in [2.24, 2.45) is 17.7 Å². The molecule has 0 amide bonds. The highest BCUT2D eigenvalue weighted by molar-refractivity contribution is 7.99. The fourth-order valence-corrected chi connectivity index (χ4v) is 5.76. The molecule has 3 fully saturated rings. The smallest absolute Gasteiger partial charge is 0.0783 e. The maximum absolute atomic E-state index is 6.15. The van der Waals surface area contributed by atoms with Crippen molar-refractivity contribution in [1.29, 1.82) is 0 Å². The second kappa shape index (κ2) is 6.33. The second-order valence-corrected chi connectivity index (χ2v) is 7.78. The Hall–Kier alpha value is 0.230. The van der Waals surface area contributed by atoms with Gasteiger partial charge in [-0.05, 0) is 49.7 Å². The first kappa shape index (κ1) is 14.2. The minimum Gasteiger partial charge on any atom is -0.374 e. The minimum absolute atomic E-state index is 0.192. The van der Waals surface area contributed by atoms with E-state index in [9.17, 15) is 0 Å². The molecule has 19 heavy (non-hydrogen) atoms. The zero-order valence-corrected chi connectivity index (χ0v) is 12.7. The number of rotatable bonds is 3. The molecular weight excluding hydrogens is 256 g/mol. The van der Waals surface area contributed by atoms with Crippen molar-refractivity contribution in [3.63, 3.8) is 0 Å². The third-order valence-corrected chi connectivity index (χ3v) is 6.68. The zero-order chi connectivity index (χ0) is 13.1. The topological polar surface area (TPSA) is 47.3 Å². The molecule has 3 rings (SSSR count). The first-order chi connectivity index (χ1) is 9.33. The van der Waals surface area contributed by atoms with E-state index >= 15 is 0 Å². The van der Waals surface area contributed by atoms with E-state index in [0.717, 1.165) is 18.4 Å². The molecule has 0 bridgehead atoms. The minimum atomic E-state index is 0.192. The number of hydrogen-bond acceptors (Lipinski definition) is 4. The lowest BCUT2D eigenvalue weighted by Crippen LogP contribution is -2.52. The van der Waals surface area contributed by atoms with Gasteiger partial charge in [0.25, 0.3) is 0 Å². The molecule has 3 unspecified atom stereocenters. The summed E-state index contributed by atoms with van der Waals surface area (Å²) in [5.74, 6) is 9.92. The molecule has 0 aromatic heterocycles. The molecule has 4 heteroatoms. The molecule has 3 atom stereocenters. The van der Waals surface area contributed by atoms with Crippen molar-refractivity contribution >= 4 is 11.8 Å². The first-order valence-electron chi connectivity index (χ1n) is 8.01. The summed E-state index contributed by atoms with van der Waals surface area (Å²) in [7, 11) is 0. The van der Waals surface area contributed by atoms with Crippen LogP contribution < -0.4 is 11.3 Å². The highest BCUT2D eigenvalue weighted by atomic mass is 32.2. The van der Waals surface area contributed by atoms with Gasteiger partial charge in [-0.25, -0.2) is 0 Å². The van der Waals surface area contributed by atoms with Crippen LogP contribution in [0.1, 0.15) is 51.4 Å². The van der Waals surface area contributed by atoms with E-state index in [2.05, 4.69) is 17.2 Å². The average Bonchev–Trinajstić information content (AvgIpc) is 2.89. The van der Waals surface area contributed by atoms with Crippen LogP contribution in [0.15, 0.2) is 0 Å². The number of hydrazine groups is 1. The number of thioether (sulfide) groups is 1. The van der Waals surface area contributed by atoms with Crippen molar-refractivity contribution in [2.45, 2.75) is 63.0 Å². The van der Waals surface area contributed by atoms with E-state index < -0.39 is 0 Å². The van der Waals surface area contributed by atoms with Crippen LogP contribution in [0.25, 0.3) is 0 Å². The molecule has 3 nitrogen and oxygen atoms in total. The summed E-state index contributed by atoms with van der Waals surface area (Å²) in [4.78, 5) is 0. The summed E-state index contributed by atoms with van der Waals surface area (Å²) in [6.45, 7) is 0.941. The van der Waals surface area contributed by atoms with Crippen LogP contribution in [0.4, 0.5) is 0 Å². The Morgan fingerprint density at radius 1 is 1.16 bits per heavy atom. The lowest BCUT2D eigenvalue weighted by molar-refractivity contribution is -0.0893. The Bertz CT molecular complexity index is 288. The Labute approximate surface area is 121 Å². The summed E-state index contributed by atoms with van der Waals surface area (Å²) >= 11 is 2.06. The van der Waals surface area contributed by atoms with Crippen molar-refractivity contribution in [1.82, 2.24) is 5.43 Å². The lowest BCUT2D eigenvalue weighted by Gasteiger charge is -2.43. The van der Waals surface area contributed by atoms with Gasteiger partial charge in [0.15, 0.2) is 0 Å². The fourth-order valence-electron chi connectivity index (χ4n) is 4.39. The number of hydrogen-bond donors (Lipinski definition) is 2. The summed E-state index contributed by atoms with van der Waals surface area (Å²) in [6.07, 6.45) is 10.6. The Morgan fingerprint density at radius 2 is 2.00 bits per heavy atom. The van der Waals surface area contributed by atoms with Gasteiger partial charge in [0.2, 0.25) is 0 Å². The van der Waals surface area contributed by atoms with Crippen LogP contribution in [-0.4, -0.2) is 29.8 Å². The van der Waals surface area contributed by atoms with Gasteiger partial charge in [-0.2, -0.15) is 11.8 Å². The van der Waals surface area contributed by atoms with Crippen LogP contribution >= 0.6 is 11.8 Å². The molecule has 2 saturated heterocycles. The average molecular weight is 284 g/mol. The molecule has 0 aromatic carbocycles. The Morgan fingerprint density at radius 3 is 2.68 bits per heavy atom. The van der Waals surface area contributed by atoms with Crippen LogP contribution in [0.5, 0.6) is 0 Å². The van der Waals surface area contributed by atoms with E-state index in [-0.39, 0.29) is 5.60 Å². The normalized spacial score (nSPS) is 38.7. The third-order valence-electron chi connectivity index (χ3n) is 5.46. The Balaban J connectivity index is 1.64. The summed E-state index contributed by atoms with van der Waals surface area (Å²) < 4.78 is 6.15. The van der Waals surface area contributed by atoms with Crippen molar-refractivity contribution in [3.8, 4) is 0 Å². The summed E-state index contributed by atoms with van der Waals surface area (Å²) in [5, 5.41) is 0. The third kappa shape index (κ3) is 3.12. The van der Waals surface area contributed by atoms with E-state index in [1.807, 2.05) is 0 Å². The molecule has 0 aromatic rings. The summed E-state index contributed by atoms with van der Waals surface area (Å²) in [6, 6.07) is 0.520. The van der Waals surface area contributed by atoms with Gasteiger partial charge in [-0.15, -0.1) is 0 Å². The molecule has 2 aliphatic heterocycles. The number of nitrogens with one attached hydrogen (secondary N) is 1. The van der Waals surface area contributed by atoms with E-state index in [1.165, 1.54) is 62.9 Å². The number of ether oxygens (including phenoxy) is 1. The van der Waals surface area contributed by atoms with Gasteiger partial charge in [0.05, 0.1) is 5.60 Å². The predicted molar refractivity (Wildman–Crippen MR) is 81.0 cm³/mol. The lowest BCUT2D eigenvalue weighted by atomic mass is 9.73. The van der Waals surface area contributed by atoms with Crippen LogP contribution in [0, 0.1) is 11.8 Å². The zero-order valence-electron chi connectivity index (χ0n) is 11.9. The fraction of sp³-hybridized carbons (Fsp3) is 1.00. The largest absolute Gasteiger partial charge is 0.374 e. The second-order valence-electron chi connectivity index (χ2n) is 6.68. The maximum atomic E-state index is 6.15. The highest BCUT2D eigenvalue weighted by Crippen LogP contribution is 2.43. The van der Waals surface area contributed by atoms with E-state index in [0.29, 0.717) is 6.04 Å². The van der Waals surface area contributed by atoms with Gasteiger partial charge in [0, 0.05) is 18.4 Å². The Kier molecular flexibility index (Phi) is 4.73. The predicted octanol–water partition coefficient (Wildman–Crippen LogP) is 2.70. The van der Waals surface area contributed by atoms with Crippen molar-refractivity contribution in [3.05, 3.63) is 0 Å². The van der Waals surface area contributed by atoms with Gasteiger partial charge in [-0.1, -0.05) is 19.3 Å². The van der Waals surface area contributed by atoms with Crippen LogP contribution in [0.2, 0.25) is 0 Å². The molecular formula is C15H28N2OS. The quantitative estimate of drug-likeness (QED) is 0.618. The SMILES string of the molecule is NNC(C1CCCCC1)C1CCOC2(CCSC2)C1. The monoisotopic (exact) mass is 284 g/mol. The van der Waals surface area contributed by atoms with Crippen LogP contribution in [0.3, 0.4) is 0 Å². The molecule has 2 heterocycles. The molecule has 1 spiro atoms. The first-order valence-corrected chi connectivity index (χ1v) is 9.16. The summed E-state index contributed by atoms with van der Waals surface area (Å²) in [5.41, 5.74) is 3.38. The molecule has 0 radical (unpaired) electrons. The van der Waals surface area contributed by atoms with E-state index in [4.69, 9.17) is 10.6 Å². The van der Waals surface area contributed by atoms with Crippen molar-refractivity contribution in [2.75, 3.05) is 18.1 Å². The van der Waals surface area contributed by atoms with Gasteiger partial charge < -0.3 is 4.74 Å². The maximum Gasteiger partial charge on any atom is 0.0783 e.